The highest BCUT2D eigenvalue weighted by Gasteiger charge is 2.38. The van der Waals surface area contributed by atoms with Crippen molar-refractivity contribution in [2.24, 2.45) is 11.8 Å². The number of nitrogens with one attached hydrogen (secondary N) is 5. The fraction of sp³-hybridized carbons (Fsp3) is 0.357. The van der Waals surface area contributed by atoms with Gasteiger partial charge in [0.15, 0.2) is 0 Å². The van der Waals surface area contributed by atoms with E-state index in [0.717, 1.165) is 22.3 Å². The molecule has 1 heterocycles. The van der Waals surface area contributed by atoms with Crippen molar-refractivity contribution in [1.29, 1.82) is 0 Å². The summed E-state index contributed by atoms with van der Waals surface area (Å²) in [6.45, 7) is 7.67. The minimum Gasteiger partial charge on any atom is -0.445 e. The van der Waals surface area contributed by atoms with Gasteiger partial charge in [-0.2, -0.15) is 0 Å². The Morgan fingerprint density at radius 2 is 1.15 bits per heavy atom. The van der Waals surface area contributed by atoms with E-state index in [1.165, 1.54) is 0 Å². The van der Waals surface area contributed by atoms with Gasteiger partial charge in [0, 0.05) is 25.5 Å². The van der Waals surface area contributed by atoms with Crippen LogP contribution in [0.5, 0.6) is 0 Å². The van der Waals surface area contributed by atoms with E-state index in [2.05, 4.69) is 31.6 Å². The number of aromatic nitrogens is 1. The van der Waals surface area contributed by atoms with Gasteiger partial charge in [-0.15, -0.1) is 0 Å². The van der Waals surface area contributed by atoms with Gasteiger partial charge in [0.1, 0.15) is 24.7 Å². The molecule has 3 aromatic carbocycles. The van der Waals surface area contributed by atoms with Crippen molar-refractivity contribution in [1.82, 2.24) is 31.6 Å². The van der Waals surface area contributed by atoms with Gasteiger partial charge in [-0.25, -0.2) is 4.79 Å². The van der Waals surface area contributed by atoms with Crippen molar-refractivity contribution in [2.75, 3.05) is 0 Å². The maximum Gasteiger partial charge on any atom is 0.408 e. The maximum absolute atomic E-state index is 14.2. The van der Waals surface area contributed by atoms with Gasteiger partial charge < -0.3 is 31.1 Å². The number of alkyl carbamates (subject to hydrolysis) is 1. The highest BCUT2D eigenvalue weighted by molar-refractivity contribution is 5.90. The largest absolute Gasteiger partial charge is 0.445 e. The number of ether oxygens (including phenoxy) is 1. The predicted octanol–water partition coefficient (Wildman–Crippen LogP) is 4.04. The maximum atomic E-state index is 14.2. The molecule has 0 spiro atoms. The number of aliphatic hydroxyl groups excluding tert-OH is 1. The molecule has 0 aliphatic heterocycles. The van der Waals surface area contributed by atoms with Crippen molar-refractivity contribution in [3.05, 3.63) is 138 Å². The molecule has 12 nitrogen and oxygen atoms in total. The first kappa shape index (κ1) is 41.2. The Kier molecular flexibility index (Phi) is 16.2. The number of carbonyl (C=O) groups is 4. The Bertz CT molecular complexity index is 1740. The average Bonchev–Trinajstić information content (AvgIpc) is 3.18. The fourth-order valence-electron chi connectivity index (χ4n) is 5.83. The number of benzene rings is 3. The second-order valence-electron chi connectivity index (χ2n) is 13.9. The molecule has 0 saturated carbocycles. The zero-order valence-corrected chi connectivity index (χ0v) is 31.3. The fourth-order valence-corrected chi connectivity index (χ4v) is 5.83. The second kappa shape index (κ2) is 21.2. The zero-order valence-electron chi connectivity index (χ0n) is 31.3. The number of hydrogen-bond acceptors (Lipinski definition) is 8. The number of amides is 4. The summed E-state index contributed by atoms with van der Waals surface area (Å²) in [5.41, 5.74) is 3.26. The van der Waals surface area contributed by atoms with Crippen LogP contribution < -0.4 is 26.6 Å². The van der Waals surface area contributed by atoms with Crippen molar-refractivity contribution < 1.29 is 29.0 Å². The smallest absolute Gasteiger partial charge is 0.408 e. The summed E-state index contributed by atoms with van der Waals surface area (Å²) < 4.78 is 5.39. The molecule has 0 unspecified atom stereocenters. The minimum atomic E-state index is -1.48. The SMILES string of the molecule is CC(C)[C@H](NC(=O)OCc1ccccc1)C(=O)N[C@@H](Cc1ccccc1)[C@@H](O)[C@@H](NCc1ccccc1)C(=O)N[C@H](C(=O)NCc1cccnc1)C(C)C. The molecule has 0 saturated heterocycles. The predicted molar refractivity (Wildman–Crippen MR) is 206 cm³/mol. The number of rotatable bonds is 19. The first-order valence-corrected chi connectivity index (χ1v) is 18.3. The standard InChI is InChI=1S/C42H52N6O6/c1-28(2)35(39(50)45-26-33-21-14-22-43-24-33)47-41(52)37(44-25-31-17-10-6-11-18-31)38(49)34(23-30-15-8-5-9-16-30)46-40(51)36(29(3)4)48-42(53)54-27-32-19-12-7-13-20-32/h5-22,24,28-29,34-38,44,49H,23,25-27H2,1-4H3,(H,45,50)(H,46,51)(H,47,52)(H,48,53)/t34-,35-,36-,37+,38+/m0/s1. The molecular weight excluding hydrogens is 684 g/mol. The zero-order chi connectivity index (χ0) is 38.9. The molecule has 4 aromatic rings. The van der Waals surface area contributed by atoms with Gasteiger partial charge in [0.2, 0.25) is 17.7 Å². The van der Waals surface area contributed by atoms with Crippen LogP contribution in [-0.4, -0.2) is 64.2 Å². The lowest BCUT2D eigenvalue weighted by Gasteiger charge is -2.33. The molecule has 12 heteroatoms. The van der Waals surface area contributed by atoms with E-state index in [-0.39, 0.29) is 38.0 Å². The highest BCUT2D eigenvalue weighted by Crippen LogP contribution is 2.14. The summed E-state index contributed by atoms with van der Waals surface area (Å²) in [7, 11) is 0. The molecule has 0 fully saturated rings. The lowest BCUT2D eigenvalue weighted by molar-refractivity contribution is -0.134. The van der Waals surface area contributed by atoms with Gasteiger partial charge in [0.25, 0.3) is 0 Å². The Morgan fingerprint density at radius 1 is 0.611 bits per heavy atom. The summed E-state index contributed by atoms with van der Waals surface area (Å²) in [4.78, 5) is 58.5. The van der Waals surface area contributed by atoms with Crippen molar-refractivity contribution in [3.63, 3.8) is 0 Å². The number of aliphatic hydroxyl groups is 1. The van der Waals surface area contributed by atoms with Gasteiger partial charge >= 0.3 is 6.09 Å². The number of carbonyl (C=O) groups excluding carboxylic acids is 4. The topological polar surface area (TPSA) is 171 Å². The molecule has 4 amide bonds. The summed E-state index contributed by atoms with van der Waals surface area (Å²) in [6.07, 6.45) is 1.20. The molecular formula is C42H52N6O6. The lowest BCUT2D eigenvalue weighted by atomic mass is 9.93. The van der Waals surface area contributed by atoms with Crippen LogP contribution >= 0.6 is 0 Å². The Balaban J connectivity index is 1.56. The molecule has 5 atom stereocenters. The first-order chi connectivity index (χ1) is 26.0. The van der Waals surface area contributed by atoms with E-state index in [0.29, 0.717) is 0 Å². The third-order valence-corrected chi connectivity index (χ3v) is 8.90. The molecule has 0 aliphatic rings. The Hall–Kier alpha value is -5.59. The lowest BCUT2D eigenvalue weighted by Crippen LogP contribution is -2.63. The monoisotopic (exact) mass is 736 g/mol. The molecule has 0 radical (unpaired) electrons. The minimum absolute atomic E-state index is 0.0250. The average molecular weight is 737 g/mol. The van der Waals surface area contributed by atoms with Crippen LogP contribution in [0.3, 0.4) is 0 Å². The third kappa shape index (κ3) is 13.1. The van der Waals surface area contributed by atoms with E-state index >= 15 is 0 Å². The van der Waals surface area contributed by atoms with Gasteiger partial charge in [0.05, 0.1) is 12.1 Å². The van der Waals surface area contributed by atoms with Crippen molar-refractivity contribution in [3.8, 4) is 0 Å². The van der Waals surface area contributed by atoms with Crippen LogP contribution in [0.2, 0.25) is 0 Å². The summed E-state index contributed by atoms with van der Waals surface area (Å²) in [5, 5.41) is 26.6. The molecule has 1 aromatic heterocycles. The molecule has 54 heavy (non-hydrogen) atoms. The van der Waals surface area contributed by atoms with Crippen LogP contribution in [-0.2, 0) is 45.2 Å². The normalized spacial score (nSPS) is 13.9. The number of hydrogen-bond donors (Lipinski definition) is 6. The van der Waals surface area contributed by atoms with E-state index < -0.39 is 54.1 Å². The number of pyridine rings is 1. The molecule has 0 bridgehead atoms. The second-order valence-corrected chi connectivity index (χ2v) is 13.9. The van der Waals surface area contributed by atoms with Crippen LogP contribution in [0.15, 0.2) is 116 Å². The first-order valence-electron chi connectivity index (χ1n) is 18.3. The summed E-state index contributed by atoms with van der Waals surface area (Å²) in [6, 6.07) is 27.2. The molecule has 0 aliphatic carbocycles. The highest BCUT2D eigenvalue weighted by atomic mass is 16.5. The van der Waals surface area contributed by atoms with E-state index in [1.807, 2.05) is 111 Å². The van der Waals surface area contributed by atoms with Crippen molar-refractivity contribution in [2.45, 2.75) is 84.1 Å². The number of nitrogens with zero attached hydrogens (tertiary/aromatic N) is 1. The van der Waals surface area contributed by atoms with Crippen LogP contribution in [0.1, 0.15) is 49.9 Å². The van der Waals surface area contributed by atoms with Gasteiger partial charge in [-0.3, -0.25) is 24.7 Å². The molecule has 286 valence electrons. The Labute approximate surface area is 317 Å². The Morgan fingerprint density at radius 3 is 1.72 bits per heavy atom. The van der Waals surface area contributed by atoms with Crippen molar-refractivity contribution >= 4 is 23.8 Å². The van der Waals surface area contributed by atoms with E-state index in [9.17, 15) is 24.3 Å². The summed E-state index contributed by atoms with van der Waals surface area (Å²) in [5.74, 6) is -2.22. The van der Waals surface area contributed by atoms with Crippen LogP contribution in [0.25, 0.3) is 0 Å². The summed E-state index contributed by atoms with van der Waals surface area (Å²) >= 11 is 0. The molecule has 6 N–H and O–H groups in total. The van der Waals surface area contributed by atoms with E-state index in [1.54, 1.807) is 32.3 Å². The quantitative estimate of drug-likeness (QED) is 0.0838. The van der Waals surface area contributed by atoms with Gasteiger partial charge in [-0.05, 0) is 46.6 Å². The van der Waals surface area contributed by atoms with Crippen LogP contribution in [0.4, 0.5) is 4.79 Å². The van der Waals surface area contributed by atoms with Crippen LogP contribution in [0, 0.1) is 11.8 Å². The van der Waals surface area contributed by atoms with E-state index in [4.69, 9.17) is 4.74 Å². The third-order valence-electron chi connectivity index (χ3n) is 8.90. The molecule has 4 rings (SSSR count). The van der Waals surface area contributed by atoms with Gasteiger partial charge in [-0.1, -0.05) is 125 Å².